The maximum Gasteiger partial charge on any atom is 0.337 e. The summed E-state index contributed by atoms with van der Waals surface area (Å²) in [5.41, 5.74) is 2.39. The molecule has 0 fully saturated rings. The summed E-state index contributed by atoms with van der Waals surface area (Å²) in [5.74, 6) is 0.0585. The van der Waals surface area contributed by atoms with Crippen LogP contribution in [0.3, 0.4) is 0 Å². The van der Waals surface area contributed by atoms with Gasteiger partial charge in [0.15, 0.2) is 5.82 Å². The van der Waals surface area contributed by atoms with Gasteiger partial charge in [-0.15, -0.1) is 5.10 Å². The Bertz CT molecular complexity index is 1320. The zero-order valence-corrected chi connectivity index (χ0v) is 15.0. The summed E-state index contributed by atoms with van der Waals surface area (Å²) in [7, 11) is 0. The van der Waals surface area contributed by atoms with Crippen LogP contribution in [0.25, 0.3) is 27.7 Å². The van der Waals surface area contributed by atoms with Crippen molar-refractivity contribution in [1.29, 1.82) is 0 Å². The van der Waals surface area contributed by atoms with Crippen LogP contribution in [0, 0.1) is 0 Å². The standard InChI is InChI=1S/C21H14N4O4/c26-21(27)13-5-6-15(22-9-13)12-29-20-17-4-2-1-3-16(17)18-10-23-19(25(18)24-20)14-7-8-28-11-14/h1-11H,12H2,(H,26,27). The molecule has 0 amide bonds. The van der Waals surface area contributed by atoms with E-state index in [1.165, 1.54) is 12.3 Å². The highest BCUT2D eigenvalue weighted by atomic mass is 16.5. The third kappa shape index (κ3) is 2.96. The summed E-state index contributed by atoms with van der Waals surface area (Å²) in [4.78, 5) is 19.6. The van der Waals surface area contributed by atoms with Gasteiger partial charge in [0.05, 0.1) is 34.8 Å². The fourth-order valence-electron chi connectivity index (χ4n) is 3.14. The number of imidazole rings is 1. The summed E-state index contributed by atoms with van der Waals surface area (Å²) in [5, 5.41) is 15.4. The first-order valence-corrected chi connectivity index (χ1v) is 8.81. The lowest BCUT2D eigenvalue weighted by Crippen LogP contribution is -2.05. The molecule has 142 valence electrons. The number of carbonyl (C=O) groups is 1. The average Bonchev–Trinajstić information content (AvgIpc) is 3.42. The van der Waals surface area contributed by atoms with Crippen molar-refractivity contribution in [2.24, 2.45) is 0 Å². The molecule has 1 aromatic carbocycles. The van der Waals surface area contributed by atoms with Crippen molar-refractivity contribution in [3.05, 3.63) is 78.6 Å². The van der Waals surface area contributed by atoms with Crippen LogP contribution in [0.4, 0.5) is 0 Å². The van der Waals surface area contributed by atoms with Crippen molar-refractivity contribution in [1.82, 2.24) is 19.6 Å². The monoisotopic (exact) mass is 386 g/mol. The van der Waals surface area contributed by atoms with Crippen molar-refractivity contribution in [3.8, 4) is 17.3 Å². The number of nitrogens with zero attached hydrogens (tertiary/aromatic N) is 4. The molecule has 29 heavy (non-hydrogen) atoms. The lowest BCUT2D eigenvalue weighted by Gasteiger charge is -2.10. The Morgan fingerprint density at radius 2 is 1.93 bits per heavy atom. The third-order valence-corrected chi connectivity index (χ3v) is 4.57. The Morgan fingerprint density at radius 3 is 2.66 bits per heavy atom. The van der Waals surface area contributed by atoms with Crippen LogP contribution in [0.5, 0.6) is 5.88 Å². The summed E-state index contributed by atoms with van der Waals surface area (Å²) in [6.07, 6.45) is 6.28. The van der Waals surface area contributed by atoms with Crippen LogP contribution < -0.4 is 4.74 Å². The van der Waals surface area contributed by atoms with Crippen LogP contribution >= 0.6 is 0 Å². The van der Waals surface area contributed by atoms with Gasteiger partial charge in [-0.1, -0.05) is 18.2 Å². The summed E-state index contributed by atoms with van der Waals surface area (Å²) in [6, 6.07) is 12.7. The van der Waals surface area contributed by atoms with E-state index in [4.69, 9.17) is 14.3 Å². The minimum absolute atomic E-state index is 0.127. The number of rotatable bonds is 5. The number of fused-ring (bicyclic) bond motifs is 3. The number of aromatic nitrogens is 4. The van der Waals surface area contributed by atoms with E-state index in [0.29, 0.717) is 17.4 Å². The number of carboxylic acids is 1. The third-order valence-electron chi connectivity index (χ3n) is 4.57. The van der Waals surface area contributed by atoms with Gasteiger partial charge in [-0.3, -0.25) is 4.98 Å². The fourth-order valence-corrected chi connectivity index (χ4v) is 3.14. The van der Waals surface area contributed by atoms with Gasteiger partial charge >= 0.3 is 5.97 Å². The number of aromatic carboxylic acids is 1. The number of benzene rings is 1. The maximum absolute atomic E-state index is 11.0. The SMILES string of the molecule is O=C(O)c1ccc(COc2nn3c(-c4ccoc4)ncc3c3ccccc23)nc1. The molecule has 5 rings (SSSR count). The summed E-state index contributed by atoms with van der Waals surface area (Å²) < 4.78 is 12.9. The number of furan rings is 1. The van der Waals surface area contributed by atoms with E-state index in [0.717, 1.165) is 21.9 Å². The quantitative estimate of drug-likeness (QED) is 0.490. The van der Waals surface area contributed by atoms with Gasteiger partial charge in [0, 0.05) is 17.0 Å². The molecule has 0 aliphatic heterocycles. The predicted molar refractivity (Wildman–Crippen MR) is 104 cm³/mol. The van der Waals surface area contributed by atoms with Crippen LogP contribution in [0.15, 0.2) is 71.8 Å². The van der Waals surface area contributed by atoms with Gasteiger partial charge < -0.3 is 14.3 Å². The van der Waals surface area contributed by atoms with Gasteiger partial charge in [0.25, 0.3) is 0 Å². The van der Waals surface area contributed by atoms with E-state index in [2.05, 4.69) is 15.1 Å². The number of ether oxygens (including phenoxy) is 1. The van der Waals surface area contributed by atoms with Gasteiger partial charge in [-0.2, -0.15) is 0 Å². The Labute approximate surface area is 164 Å². The van der Waals surface area contributed by atoms with Crippen molar-refractivity contribution in [3.63, 3.8) is 0 Å². The fraction of sp³-hybridized carbons (Fsp3) is 0.0476. The van der Waals surface area contributed by atoms with Crippen molar-refractivity contribution in [2.75, 3.05) is 0 Å². The zero-order chi connectivity index (χ0) is 19.8. The number of pyridine rings is 1. The Hall–Kier alpha value is -4.20. The first kappa shape index (κ1) is 16.9. The minimum Gasteiger partial charge on any atom is -0.478 e. The van der Waals surface area contributed by atoms with Gasteiger partial charge in [0.1, 0.15) is 12.9 Å². The van der Waals surface area contributed by atoms with Gasteiger partial charge in [0.2, 0.25) is 5.88 Å². The Morgan fingerprint density at radius 1 is 1.07 bits per heavy atom. The molecular formula is C21H14N4O4. The van der Waals surface area contributed by atoms with Crippen LogP contribution in [-0.2, 0) is 6.61 Å². The molecule has 8 nitrogen and oxygen atoms in total. The number of carboxylic acid groups (broad SMARTS) is 1. The first-order valence-electron chi connectivity index (χ1n) is 8.81. The van der Waals surface area contributed by atoms with E-state index in [-0.39, 0.29) is 12.2 Å². The topological polar surface area (TPSA) is 103 Å². The average molecular weight is 386 g/mol. The number of hydrogen-bond donors (Lipinski definition) is 1. The molecule has 1 N–H and O–H groups in total. The minimum atomic E-state index is -1.02. The molecule has 0 saturated heterocycles. The van der Waals surface area contributed by atoms with Crippen LogP contribution in [0.1, 0.15) is 16.1 Å². The smallest absolute Gasteiger partial charge is 0.337 e. The molecule has 0 radical (unpaired) electrons. The second kappa shape index (κ2) is 6.75. The molecule has 0 atom stereocenters. The highest BCUT2D eigenvalue weighted by Crippen LogP contribution is 2.30. The molecule has 0 unspecified atom stereocenters. The van der Waals surface area contributed by atoms with Crippen LogP contribution in [-0.4, -0.2) is 30.7 Å². The van der Waals surface area contributed by atoms with E-state index in [1.807, 2.05) is 30.3 Å². The summed E-state index contributed by atoms with van der Waals surface area (Å²) >= 11 is 0. The lowest BCUT2D eigenvalue weighted by atomic mass is 10.1. The molecule has 4 aromatic heterocycles. The molecular weight excluding hydrogens is 372 g/mol. The van der Waals surface area contributed by atoms with Crippen molar-refractivity contribution < 1.29 is 19.1 Å². The van der Waals surface area contributed by atoms with E-state index < -0.39 is 5.97 Å². The number of hydrogen-bond acceptors (Lipinski definition) is 6. The van der Waals surface area contributed by atoms with Crippen molar-refractivity contribution in [2.45, 2.75) is 6.61 Å². The lowest BCUT2D eigenvalue weighted by molar-refractivity contribution is 0.0696. The second-order valence-corrected chi connectivity index (χ2v) is 6.37. The summed E-state index contributed by atoms with van der Waals surface area (Å²) in [6.45, 7) is 0.151. The molecule has 0 saturated carbocycles. The van der Waals surface area contributed by atoms with Crippen molar-refractivity contribution >= 4 is 22.3 Å². The molecule has 4 heterocycles. The maximum atomic E-state index is 11.0. The highest BCUT2D eigenvalue weighted by Gasteiger charge is 2.15. The van der Waals surface area contributed by atoms with E-state index in [9.17, 15) is 4.79 Å². The Balaban J connectivity index is 1.56. The molecule has 0 aliphatic rings. The molecule has 0 spiro atoms. The van der Waals surface area contributed by atoms with Gasteiger partial charge in [-0.25, -0.2) is 14.3 Å². The normalized spacial score (nSPS) is 11.2. The van der Waals surface area contributed by atoms with Crippen LogP contribution in [0.2, 0.25) is 0 Å². The molecule has 8 heteroatoms. The van der Waals surface area contributed by atoms with Gasteiger partial charge in [-0.05, 0) is 24.3 Å². The largest absolute Gasteiger partial charge is 0.478 e. The highest BCUT2D eigenvalue weighted by molar-refractivity contribution is 5.98. The second-order valence-electron chi connectivity index (χ2n) is 6.37. The molecule has 0 aliphatic carbocycles. The predicted octanol–water partition coefficient (Wildman–Crippen LogP) is 3.81. The van der Waals surface area contributed by atoms with E-state index in [1.54, 1.807) is 29.3 Å². The zero-order valence-electron chi connectivity index (χ0n) is 15.0. The first-order chi connectivity index (χ1) is 14.2. The molecule has 5 aromatic rings. The Kier molecular flexibility index (Phi) is 3.94. The van der Waals surface area contributed by atoms with E-state index >= 15 is 0 Å². The molecule has 0 bridgehead atoms.